The fourth-order valence-corrected chi connectivity index (χ4v) is 2.94. The molecule has 20 heavy (non-hydrogen) atoms. The maximum atomic E-state index is 6.27. The zero-order valence-corrected chi connectivity index (χ0v) is 13.1. The molecular weight excluding hydrogens is 289 g/mol. The summed E-state index contributed by atoms with van der Waals surface area (Å²) in [7, 11) is 1.99. The first-order valence-corrected chi connectivity index (χ1v) is 7.57. The zero-order valence-electron chi connectivity index (χ0n) is 11.6. The van der Waals surface area contributed by atoms with Gasteiger partial charge in [-0.2, -0.15) is 0 Å². The van der Waals surface area contributed by atoms with E-state index in [4.69, 9.17) is 23.2 Å². The van der Waals surface area contributed by atoms with Crippen molar-refractivity contribution in [2.45, 2.75) is 12.8 Å². The minimum Gasteiger partial charge on any atom is -0.319 e. The minimum absolute atomic E-state index is 0.515. The van der Waals surface area contributed by atoms with Gasteiger partial charge in [0.15, 0.2) is 0 Å². The highest BCUT2D eigenvalue weighted by atomic mass is 35.5. The van der Waals surface area contributed by atoms with E-state index in [1.54, 1.807) is 0 Å². The van der Waals surface area contributed by atoms with Gasteiger partial charge in [0.05, 0.1) is 0 Å². The Morgan fingerprint density at radius 3 is 2.40 bits per heavy atom. The lowest BCUT2D eigenvalue weighted by Gasteiger charge is -2.17. The van der Waals surface area contributed by atoms with E-state index in [-0.39, 0.29) is 0 Å². The summed E-state index contributed by atoms with van der Waals surface area (Å²) in [5, 5.41) is 4.71. The molecule has 0 aromatic heterocycles. The SMILES string of the molecule is CNCC(Cc1ccccc1)Cc1ccc(Cl)cc1Cl. The minimum atomic E-state index is 0.515. The lowest BCUT2D eigenvalue weighted by atomic mass is 9.92. The van der Waals surface area contributed by atoms with E-state index in [1.165, 1.54) is 5.56 Å². The van der Waals surface area contributed by atoms with Gasteiger partial charge in [-0.1, -0.05) is 59.6 Å². The molecule has 1 nitrogen and oxygen atoms in total. The van der Waals surface area contributed by atoms with Gasteiger partial charge in [-0.05, 0) is 55.6 Å². The van der Waals surface area contributed by atoms with Crippen molar-refractivity contribution in [1.29, 1.82) is 0 Å². The van der Waals surface area contributed by atoms with Crippen molar-refractivity contribution < 1.29 is 0 Å². The van der Waals surface area contributed by atoms with Crippen LogP contribution in [-0.2, 0) is 12.8 Å². The number of hydrogen-bond donors (Lipinski definition) is 1. The van der Waals surface area contributed by atoms with E-state index in [0.717, 1.165) is 30.0 Å². The Labute approximate surface area is 130 Å². The van der Waals surface area contributed by atoms with Crippen LogP contribution in [0, 0.1) is 5.92 Å². The van der Waals surface area contributed by atoms with Gasteiger partial charge in [0.1, 0.15) is 0 Å². The predicted octanol–water partition coefficient (Wildman–Crippen LogP) is 4.61. The third kappa shape index (κ3) is 4.52. The fraction of sp³-hybridized carbons (Fsp3) is 0.294. The van der Waals surface area contributed by atoms with Gasteiger partial charge in [0, 0.05) is 10.0 Å². The second kappa shape index (κ2) is 7.68. The molecule has 0 aliphatic rings. The van der Waals surface area contributed by atoms with Crippen molar-refractivity contribution in [3.63, 3.8) is 0 Å². The van der Waals surface area contributed by atoms with Crippen LogP contribution in [0.15, 0.2) is 48.5 Å². The van der Waals surface area contributed by atoms with Crippen LogP contribution in [0.5, 0.6) is 0 Å². The van der Waals surface area contributed by atoms with Crippen molar-refractivity contribution in [1.82, 2.24) is 5.32 Å². The smallest absolute Gasteiger partial charge is 0.0452 e. The Morgan fingerprint density at radius 2 is 1.75 bits per heavy atom. The largest absolute Gasteiger partial charge is 0.319 e. The maximum absolute atomic E-state index is 6.27. The van der Waals surface area contributed by atoms with E-state index in [9.17, 15) is 0 Å². The highest BCUT2D eigenvalue weighted by Gasteiger charge is 2.12. The molecule has 0 bridgehead atoms. The number of hydrogen-bond acceptors (Lipinski definition) is 1. The molecule has 0 aliphatic heterocycles. The molecule has 0 spiro atoms. The molecule has 3 heteroatoms. The summed E-state index contributed by atoms with van der Waals surface area (Å²) >= 11 is 12.2. The topological polar surface area (TPSA) is 12.0 Å². The van der Waals surface area contributed by atoms with E-state index in [2.05, 4.69) is 29.6 Å². The first kappa shape index (κ1) is 15.4. The first-order valence-electron chi connectivity index (χ1n) is 6.81. The van der Waals surface area contributed by atoms with Crippen molar-refractivity contribution in [2.24, 2.45) is 5.92 Å². The summed E-state index contributed by atoms with van der Waals surface area (Å²) < 4.78 is 0. The van der Waals surface area contributed by atoms with Gasteiger partial charge in [-0.25, -0.2) is 0 Å². The molecule has 2 aromatic carbocycles. The molecule has 0 amide bonds. The fourth-order valence-electron chi connectivity index (χ4n) is 2.45. The highest BCUT2D eigenvalue weighted by Crippen LogP contribution is 2.24. The van der Waals surface area contributed by atoms with E-state index < -0.39 is 0 Å². The molecule has 1 atom stereocenters. The second-order valence-electron chi connectivity index (χ2n) is 5.05. The predicted molar refractivity (Wildman–Crippen MR) is 87.7 cm³/mol. The average molecular weight is 308 g/mol. The molecule has 1 N–H and O–H groups in total. The summed E-state index contributed by atoms with van der Waals surface area (Å²) in [5.41, 5.74) is 2.52. The summed E-state index contributed by atoms with van der Waals surface area (Å²) in [6, 6.07) is 16.3. The van der Waals surface area contributed by atoms with Gasteiger partial charge in [0.2, 0.25) is 0 Å². The summed E-state index contributed by atoms with van der Waals surface area (Å²) in [6.07, 6.45) is 1.99. The van der Waals surface area contributed by atoms with Gasteiger partial charge >= 0.3 is 0 Å². The van der Waals surface area contributed by atoms with Crippen LogP contribution in [0.3, 0.4) is 0 Å². The quantitative estimate of drug-likeness (QED) is 0.821. The Kier molecular flexibility index (Phi) is 5.90. The van der Waals surface area contributed by atoms with Crippen molar-refractivity contribution in [3.8, 4) is 0 Å². The number of nitrogens with one attached hydrogen (secondary N) is 1. The second-order valence-corrected chi connectivity index (χ2v) is 5.90. The van der Waals surface area contributed by atoms with Crippen molar-refractivity contribution in [2.75, 3.05) is 13.6 Å². The molecule has 0 heterocycles. The van der Waals surface area contributed by atoms with Crippen molar-refractivity contribution in [3.05, 3.63) is 69.7 Å². The molecule has 1 unspecified atom stereocenters. The average Bonchev–Trinajstić information content (AvgIpc) is 2.43. The Morgan fingerprint density at radius 1 is 1.00 bits per heavy atom. The lowest BCUT2D eigenvalue weighted by Crippen LogP contribution is -2.22. The molecule has 2 aromatic rings. The molecule has 0 saturated heterocycles. The summed E-state index contributed by atoms with van der Waals surface area (Å²) in [4.78, 5) is 0. The molecular formula is C17H19Cl2N. The van der Waals surface area contributed by atoms with E-state index >= 15 is 0 Å². The molecule has 2 rings (SSSR count). The van der Waals surface area contributed by atoms with Crippen LogP contribution in [0.25, 0.3) is 0 Å². The standard InChI is InChI=1S/C17H19Cl2N/c1-20-12-14(9-13-5-3-2-4-6-13)10-15-7-8-16(18)11-17(15)19/h2-8,11,14,20H,9-10,12H2,1H3. The van der Waals surface area contributed by atoms with Crippen LogP contribution in [0.4, 0.5) is 0 Å². The molecule has 0 fully saturated rings. The maximum Gasteiger partial charge on any atom is 0.0452 e. The Balaban J connectivity index is 2.09. The molecule has 106 valence electrons. The normalized spacial score (nSPS) is 12.3. The van der Waals surface area contributed by atoms with Gasteiger partial charge in [0.25, 0.3) is 0 Å². The summed E-state index contributed by atoms with van der Waals surface area (Å²) in [5.74, 6) is 0.515. The first-order chi connectivity index (χ1) is 9.69. The Hall–Kier alpha value is -1.02. The van der Waals surface area contributed by atoms with Gasteiger partial charge < -0.3 is 5.32 Å². The van der Waals surface area contributed by atoms with E-state index in [1.807, 2.05) is 31.3 Å². The third-order valence-corrected chi connectivity index (χ3v) is 3.97. The molecule has 0 saturated carbocycles. The van der Waals surface area contributed by atoms with E-state index in [0.29, 0.717) is 10.9 Å². The third-order valence-electron chi connectivity index (χ3n) is 3.38. The van der Waals surface area contributed by atoms with Crippen LogP contribution in [-0.4, -0.2) is 13.6 Å². The highest BCUT2D eigenvalue weighted by molar-refractivity contribution is 6.35. The Bertz CT molecular complexity index is 540. The lowest BCUT2D eigenvalue weighted by molar-refractivity contribution is 0.493. The van der Waals surface area contributed by atoms with Crippen molar-refractivity contribution >= 4 is 23.2 Å². The number of benzene rings is 2. The van der Waals surface area contributed by atoms with Gasteiger partial charge in [-0.3, -0.25) is 0 Å². The van der Waals surface area contributed by atoms with Crippen LogP contribution >= 0.6 is 23.2 Å². The monoisotopic (exact) mass is 307 g/mol. The number of halogens is 2. The van der Waals surface area contributed by atoms with Crippen LogP contribution < -0.4 is 5.32 Å². The summed E-state index contributed by atoms with van der Waals surface area (Å²) in [6.45, 7) is 0.966. The van der Waals surface area contributed by atoms with Gasteiger partial charge in [-0.15, -0.1) is 0 Å². The molecule has 0 radical (unpaired) electrons. The van der Waals surface area contributed by atoms with Crippen LogP contribution in [0.2, 0.25) is 10.0 Å². The molecule has 0 aliphatic carbocycles. The number of rotatable bonds is 6. The zero-order chi connectivity index (χ0) is 14.4. The van der Waals surface area contributed by atoms with Crippen LogP contribution in [0.1, 0.15) is 11.1 Å².